The normalized spacial score (nSPS) is 22.7. The van der Waals surface area contributed by atoms with Crippen LogP contribution in [0.1, 0.15) is 33.1 Å². The fraction of sp³-hybridized carbons (Fsp3) is 0.364. The minimum absolute atomic E-state index is 0.512. The third-order valence-corrected chi connectivity index (χ3v) is 10.0. The van der Waals surface area contributed by atoms with Crippen LogP contribution in [0.15, 0.2) is 57.2 Å². The summed E-state index contributed by atoms with van der Waals surface area (Å²) in [4.78, 5) is 9.78. The zero-order valence-corrected chi connectivity index (χ0v) is 19.7. The molecular formula is C22H23N3S4. The van der Waals surface area contributed by atoms with E-state index in [2.05, 4.69) is 66.1 Å². The first-order chi connectivity index (χ1) is 14.2. The Balaban J connectivity index is 1.47. The van der Waals surface area contributed by atoms with Crippen LogP contribution in [0.4, 0.5) is 0 Å². The highest BCUT2D eigenvalue weighted by Gasteiger charge is 2.35. The van der Waals surface area contributed by atoms with Gasteiger partial charge in [-0.3, -0.25) is 0 Å². The largest absolute Gasteiger partial charge is 0.228 e. The third kappa shape index (κ3) is 4.21. The molecule has 1 saturated carbocycles. The predicted octanol–water partition coefficient (Wildman–Crippen LogP) is 7.75. The SMILES string of the molecule is CC1CCCC(C)C1N(Sc1nc2ccccc2s1)Sc1nc2ccccc2s1. The number of benzene rings is 2. The molecule has 5 rings (SSSR count). The first kappa shape index (κ1) is 19.8. The lowest BCUT2D eigenvalue weighted by molar-refractivity contribution is 0.196. The van der Waals surface area contributed by atoms with E-state index in [1.54, 1.807) is 46.6 Å². The van der Waals surface area contributed by atoms with E-state index in [4.69, 9.17) is 9.97 Å². The maximum atomic E-state index is 4.89. The second-order valence-corrected chi connectivity index (χ2v) is 12.5. The second-order valence-electron chi connectivity index (χ2n) is 7.74. The summed E-state index contributed by atoms with van der Waals surface area (Å²) in [5, 5.41) is 0. The topological polar surface area (TPSA) is 29.0 Å². The average Bonchev–Trinajstić information content (AvgIpc) is 3.30. The van der Waals surface area contributed by atoms with E-state index < -0.39 is 0 Å². The van der Waals surface area contributed by atoms with Crippen molar-refractivity contribution in [3.8, 4) is 0 Å². The van der Waals surface area contributed by atoms with Crippen molar-refractivity contribution >= 4 is 67.0 Å². The molecule has 0 bridgehead atoms. The summed E-state index contributed by atoms with van der Waals surface area (Å²) in [6.45, 7) is 4.82. The maximum Gasteiger partial charge on any atom is 0.167 e. The monoisotopic (exact) mass is 457 g/mol. The van der Waals surface area contributed by atoms with Gasteiger partial charge in [0.05, 0.1) is 20.4 Å². The maximum absolute atomic E-state index is 4.89. The summed E-state index contributed by atoms with van der Waals surface area (Å²) in [7, 11) is 0. The number of nitrogens with zero attached hydrogens (tertiary/aromatic N) is 3. The highest BCUT2D eigenvalue weighted by molar-refractivity contribution is 8.13. The molecule has 2 heterocycles. The van der Waals surface area contributed by atoms with Gasteiger partial charge in [0.25, 0.3) is 0 Å². The molecule has 2 unspecified atom stereocenters. The molecule has 2 aromatic heterocycles. The third-order valence-electron chi connectivity index (χ3n) is 5.61. The average molecular weight is 458 g/mol. The van der Waals surface area contributed by atoms with Gasteiger partial charge in [-0.2, -0.15) is 3.71 Å². The van der Waals surface area contributed by atoms with E-state index >= 15 is 0 Å². The van der Waals surface area contributed by atoms with Gasteiger partial charge in [0.15, 0.2) is 8.68 Å². The van der Waals surface area contributed by atoms with Crippen LogP contribution in [0.3, 0.4) is 0 Å². The van der Waals surface area contributed by atoms with Gasteiger partial charge in [-0.15, -0.1) is 22.7 Å². The van der Waals surface area contributed by atoms with Crippen LogP contribution < -0.4 is 0 Å². The summed E-state index contributed by atoms with van der Waals surface area (Å²) in [5.41, 5.74) is 2.18. The van der Waals surface area contributed by atoms with Gasteiger partial charge in [0, 0.05) is 29.9 Å². The smallest absolute Gasteiger partial charge is 0.167 e. The molecule has 0 spiro atoms. The molecule has 150 valence electrons. The quantitative estimate of drug-likeness (QED) is 0.286. The first-order valence-electron chi connectivity index (χ1n) is 10.0. The van der Waals surface area contributed by atoms with Crippen LogP contribution in [0, 0.1) is 11.8 Å². The molecule has 7 heteroatoms. The number of thiazole rings is 2. The molecule has 0 amide bonds. The minimum Gasteiger partial charge on any atom is -0.228 e. The Morgan fingerprint density at radius 2 is 1.28 bits per heavy atom. The number of hydrogen-bond acceptors (Lipinski definition) is 7. The molecule has 1 fully saturated rings. The Bertz CT molecular complexity index is 969. The summed E-state index contributed by atoms with van der Waals surface area (Å²) >= 11 is 7.18. The van der Waals surface area contributed by atoms with Crippen LogP contribution in [-0.2, 0) is 0 Å². The van der Waals surface area contributed by atoms with Crippen molar-refractivity contribution in [2.24, 2.45) is 11.8 Å². The lowest BCUT2D eigenvalue weighted by atomic mass is 9.79. The van der Waals surface area contributed by atoms with Gasteiger partial charge >= 0.3 is 0 Å². The molecule has 0 N–H and O–H groups in total. The number of hydrogen-bond donors (Lipinski definition) is 0. The summed E-state index contributed by atoms with van der Waals surface area (Å²) in [6, 6.07) is 17.4. The van der Waals surface area contributed by atoms with Crippen molar-refractivity contribution in [3.05, 3.63) is 48.5 Å². The predicted molar refractivity (Wildman–Crippen MR) is 129 cm³/mol. The molecule has 4 aromatic rings. The van der Waals surface area contributed by atoms with Gasteiger partial charge in [0.1, 0.15) is 0 Å². The van der Waals surface area contributed by atoms with Crippen LogP contribution in [0.2, 0.25) is 0 Å². The van der Waals surface area contributed by atoms with E-state index in [0.717, 1.165) is 19.7 Å². The Labute approximate surface area is 188 Å². The summed E-state index contributed by atoms with van der Waals surface area (Å²) in [6.07, 6.45) is 3.93. The molecule has 2 atom stereocenters. The van der Waals surface area contributed by atoms with Gasteiger partial charge in [-0.05, 0) is 48.9 Å². The van der Waals surface area contributed by atoms with Gasteiger partial charge < -0.3 is 0 Å². The number of rotatable bonds is 5. The Morgan fingerprint density at radius 1 is 0.793 bits per heavy atom. The Morgan fingerprint density at radius 3 is 1.76 bits per heavy atom. The minimum atomic E-state index is 0.512. The standard InChI is InChI=1S/C22H23N3S4/c1-14-8-7-9-15(2)20(14)25(28-21-23-16-10-3-5-12-18(16)26-21)29-22-24-17-11-4-6-13-19(17)27-22/h3-6,10-15,20H,7-9H2,1-2H3. The van der Waals surface area contributed by atoms with Crippen molar-refractivity contribution in [2.45, 2.75) is 47.8 Å². The highest BCUT2D eigenvalue weighted by atomic mass is 32.2. The zero-order valence-electron chi connectivity index (χ0n) is 16.4. The van der Waals surface area contributed by atoms with Crippen molar-refractivity contribution < 1.29 is 0 Å². The molecule has 29 heavy (non-hydrogen) atoms. The van der Waals surface area contributed by atoms with Crippen molar-refractivity contribution in [1.82, 2.24) is 13.7 Å². The summed E-state index contributed by atoms with van der Waals surface area (Å²) < 4.78 is 7.24. The highest BCUT2D eigenvalue weighted by Crippen LogP contribution is 2.46. The molecular weight excluding hydrogens is 435 g/mol. The molecule has 2 aromatic carbocycles. The number of aromatic nitrogens is 2. The van der Waals surface area contributed by atoms with E-state index in [9.17, 15) is 0 Å². The number of para-hydroxylation sites is 2. The lowest BCUT2D eigenvalue weighted by Gasteiger charge is -2.40. The van der Waals surface area contributed by atoms with Crippen LogP contribution in [-0.4, -0.2) is 19.7 Å². The molecule has 1 aliphatic carbocycles. The van der Waals surface area contributed by atoms with Crippen molar-refractivity contribution in [1.29, 1.82) is 0 Å². The Hall–Kier alpha value is -1.12. The van der Waals surface area contributed by atoms with Crippen LogP contribution in [0.5, 0.6) is 0 Å². The van der Waals surface area contributed by atoms with E-state index in [-0.39, 0.29) is 0 Å². The Kier molecular flexibility index (Phi) is 5.85. The number of fused-ring (bicyclic) bond motifs is 2. The molecule has 0 radical (unpaired) electrons. The van der Waals surface area contributed by atoms with E-state index in [1.165, 1.54) is 28.7 Å². The zero-order chi connectivity index (χ0) is 19.8. The summed E-state index contributed by atoms with van der Waals surface area (Å²) in [5.74, 6) is 1.34. The molecule has 0 aliphatic heterocycles. The van der Waals surface area contributed by atoms with E-state index in [1.807, 2.05) is 0 Å². The molecule has 0 saturated heterocycles. The second kappa shape index (κ2) is 8.55. The fourth-order valence-electron chi connectivity index (χ4n) is 4.15. The molecule has 3 nitrogen and oxygen atoms in total. The van der Waals surface area contributed by atoms with Crippen molar-refractivity contribution in [3.63, 3.8) is 0 Å². The lowest BCUT2D eigenvalue weighted by Crippen LogP contribution is -2.39. The van der Waals surface area contributed by atoms with Gasteiger partial charge in [-0.1, -0.05) is 44.5 Å². The van der Waals surface area contributed by atoms with Crippen LogP contribution in [0.25, 0.3) is 20.4 Å². The first-order valence-corrected chi connectivity index (χ1v) is 13.2. The fourth-order valence-corrected chi connectivity index (χ4v) is 9.38. The van der Waals surface area contributed by atoms with Gasteiger partial charge in [0.2, 0.25) is 0 Å². The van der Waals surface area contributed by atoms with Crippen LogP contribution >= 0.6 is 46.6 Å². The molecule has 1 aliphatic rings. The van der Waals surface area contributed by atoms with Gasteiger partial charge in [-0.25, -0.2) is 9.97 Å². The van der Waals surface area contributed by atoms with Crippen molar-refractivity contribution in [2.75, 3.05) is 0 Å². The van der Waals surface area contributed by atoms with E-state index in [0.29, 0.717) is 17.9 Å².